The molecule has 0 aliphatic carbocycles. The first-order chi connectivity index (χ1) is 7.48. The maximum atomic E-state index is 12.0. The Labute approximate surface area is 96.9 Å². The van der Waals surface area contributed by atoms with Gasteiger partial charge in [0.25, 0.3) is 0 Å². The number of hydrogen-bond acceptors (Lipinski definition) is 2. The van der Waals surface area contributed by atoms with Gasteiger partial charge in [-0.2, -0.15) is 26.3 Å². The monoisotopic (exact) mass is 284 g/mol. The standard InChI is InChI=1S/C8H7ClF6O2/c9-3-5(17)1-4(16)2-6(7(10,11)12)8(13,14)15/h6H,1-3H2. The van der Waals surface area contributed by atoms with E-state index in [0.29, 0.717) is 0 Å². The van der Waals surface area contributed by atoms with Crippen LogP contribution in [0.2, 0.25) is 0 Å². The largest absolute Gasteiger partial charge is 0.400 e. The topological polar surface area (TPSA) is 34.1 Å². The molecule has 0 amide bonds. The molecule has 0 bridgehead atoms. The van der Waals surface area contributed by atoms with Crippen molar-refractivity contribution in [3.8, 4) is 0 Å². The lowest BCUT2D eigenvalue weighted by Gasteiger charge is -2.22. The summed E-state index contributed by atoms with van der Waals surface area (Å²) in [6.45, 7) is 0. The quantitative estimate of drug-likeness (QED) is 0.442. The molecule has 0 aromatic carbocycles. The van der Waals surface area contributed by atoms with Crippen LogP contribution in [0.5, 0.6) is 0 Å². The zero-order valence-electron chi connectivity index (χ0n) is 8.16. The molecule has 0 rings (SSSR count). The summed E-state index contributed by atoms with van der Waals surface area (Å²) in [5.41, 5.74) is 0. The Morgan fingerprint density at radius 1 is 0.941 bits per heavy atom. The predicted octanol–water partition coefficient (Wildman–Crippen LogP) is 2.88. The van der Waals surface area contributed by atoms with Crippen molar-refractivity contribution in [3.63, 3.8) is 0 Å². The van der Waals surface area contributed by atoms with Crippen LogP contribution in [-0.2, 0) is 9.59 Å². The van der Waals surface area contributed by atoms with E-state index in [9.17, 15) is 35.9 Å². The van der Waals surface area contributed by atoms with Crippen LogP contribution < -0.4 is 0 Å². The predicted molar refractivity (Wildman–Crippen MR) is 45.6 cm³/mol. The highest BCUT2D eigenvalue weighted by molar-refractivity contribution is 6.29. The molecule has 0 saturated heterocycles. The van der Waals surface area contributed by atoms with Crippen LogP contribution in [0.15, 0.2) is 0 Å². The lowest BCUT2D eigenvalue weighted by molar-refractivity contribution is -0.284. The second-order valence-corrected chi connectivity index (χ2v) is 3.49. The number of alkyl halides is 7. The minimum absolute atomic E-state index is 0.631. The average molecular weight is 285 g/mol. The van der Waals surface area contributed by atoms with E-state index in [1.807, 2.05) is 0 Å². The van der Waals surface area contributed by atoms with Gasteiger partial charge in [0.05, 0.1) is 12.3 Å². The van der Waals surface area contributed by atoms with Crippen LogP contribution in [0.4, 0.5) is 26.3 Å². The molecule has 0 radical (unpaired) electrons. The Kier molecular flexibility index (Phi) is 5.44. The zero-order chi connectivity index (χ0) is 13.9. The van der Waals surface area contributed by atoms with Crippen LogP contribution in [0.1, 0.15) is 12.8 Å². The van der Waals surface area contributed by atoms with Crippen molar-refractivity contribution in [3.05, 3.63) is 0 Å². The first-order valence-corrected chi connectivity index (χ1v) is 4.74. The fourth-order valence-corrected chi connectivity index (χ4v) is 1.08. The van der Waals surface area contributed by atoms with Crippen LogP contribution in [0, 0.1) is 5.92 Å². The van der Waals surface area contributed by atoms with Gasteiger partial charge in [-0.15, -0.1) is 11.6 Å². The number of halogens is 7. The molecule has 0 fully saturated rings. The smallest absolute Gasteiger partial charge is 0.299 e. The molecule has 0 spiro atoms. The molecule has 0 aliphatic heterocycles. The number of Topliss-reactive ketones (excluding diaryl/α,β-unsaturated/α-hetero) is 2. The first-order valence-electron chi connectivity index (χ1n) is 4.21. The van der Waals surface area contributed by atoms with Crippen LogP contribution >= 0.6 is 11.6 Å². The van der Waals surface area contributed by atoms with Crippen LogP contribution in [-0.4, -0.2) is 29.8 Å². The zero-order valence-corrected chi connectivity index (χ0v) is 8.92. The van der Waals surface area contributed by atoms with Gasteiger partial charge in [-0.3, -0.25) is 9.59 Å². The highest BCUT2D eigenvalue weighted by Crippen LogP contribution is 2.41. The summed E-state index contributed by atoms with van der Waals surface area (Å²) in [5.74, 6) is -6.73. The third kappa shape index (κ3) is 5.90. The molecule has 0 aliphatic rings. The number of ketones is 2. The van der Waals surface area contributed by atoms with Crippen molar-refractivity contribution in [1.29, 1.82) is 0 Å². The molecule has 2 nitrogen and oxygen atoms in total. The minimum atomic E-state index is -5.57. The Morgan fingerprint density at radius 3 is 1.65 bits per heavy atom. The molecule has 0 saturated carbocycles. The van der Waals surface area contributed by atoms with Gasteiger partial charge in [0.2, 0.25) is 0 Å². The fraction of sp³-hybridized carbons (Fsp3) is 0.750. The van der Waals surface area contributed by atoms with Crippen LogP contribution in [0.25, 0.3) is 0 Å². The summed E-state index contributed by atoms with van der Waals surface area (Å²) in [6, 6.07) is 0. The highest BCUT2D eigenvalue weighted by atomic mass is 35.5. The lowest BCUT2D eigenvalue weighted by atomic mass is 9.99. The summed E-state index contributed by atoms with van der Waals surface area (Å²) < 4.78 is 72.1. The van der Waals surface area contributed by atoms with E-state index in [0.717, 1.165) is 0 Å². The van der Waals surface area contributed by atoms with Crippen molar-refractivity contribution < 1.29 is 35.9 Å². The number of hydrogen-bond donors (Lipinski definition) is 0. The number of rotatable bonds is 5. The van der Waals surface area contributed by atoms with Gasteiger partial charge < -0.3 is 0 Å². The van der Waals surface area contributed by atoms with Gasteiger partial charge in [0.1, 0.15) is 5.78 Å². The normalized spacial score (nSPS) is 12.9. The van der Waals surface area contributed by atoms with Crippen LogP contribution in [0.3, 0.4) is 0 Å². The van der Waals surface area contributed by atoms with Crippen molar-refractivity contribution >= 4 is 23.2 Å². The number of carbonyl (C=O) groups excluding carboxylic acids is 2. The maximum Gasteiger partial charge on any atom is 0.400 e. The van der Waals surface area contributed by atoms with Crippen molar-refractivity contribution in [2.24, 2.45) is 5.92 Å². The van der Waals surface area contributed by atoms with Gasteiger partial charge >= 0.3 is 12.4 Å². The molecule has 100 valence electrons. The SMILES string of the molecule is O=C(CCl)CC(=O)CC(C(F)(F)F)C(F)(F)F. The molecule has 0 N–H and O–H groups in total. The lowest BCUT2D eigenvalue weighted by Crippen LogP contribution is -2.38. The van der Waals surface area contributed by atoms with E-state index in [1.54, 1.807) is 0 Å². The Morgan fingerprint density at radius 2 is 1.35 bits per heavy atom. The fourth-order valence-electron chi connectivity index (χ4n) is 0.984. The Bertz CT molecular complexity index is 281. The van der Waals surface area contributed by atoms with E-state index in [1.165, 1.54) is 0 Å². The van der Waals surface area contributed by atoms with E-state index in [-0.39, 0.29) is 0 Å². The second-order valence-electron chi connectivity index (χ2n) is 3.23. The molecule has 0 aromatic rings. The molecule has 0 aromatic heterocycles. The summed E-state index contributed by atoms with van der Waals surface area (Å²) >= 11 is 4.97. The van der Waals surface area contributed by atoms with E-state index < -0.39 is 48.6 Å². The number of carbonyl (C=O) groups is 2. The molecule has 17 heavy (non-hydrogen) atoms. The summed E-state index contributed by atoms with van der Waals surface area (Å²) in [4.78, 5) is 21.4. The Hall–Kier alpha value is -0.790. The van der Waals surface area contributed by atoms with E-state index >= 15 is 0 Å². The third-order valence-corrected chi connectivity index (χ3v) is 2.06. The Balaban J connectivity index is 4.68. The van der Waals surface area contributed by atoms with Gasteiger partial charge in [0.15, 0.2) is 11.7 Å². The molecule has 0 unspecified atom stereocenters. The minimum Gasteiger partial charge on any atom is -0.299 e. The van der Waals surface area contributed by atoms with Gasteiger partial charge in [-0.1, -0.05) is 0 Å². The summed E-state index contributed by atoms with van der Waals surface area (Å²) in [5, 5.41) is 0. The summed E-state index contributed by atoms with van der Waals surface area (Å²) in [6.07, 6.45) is -14.0. The van der Waals surface area contributed by atoms with E-state index in [2.05, 4.69) is 0 Å². The molecular weight excluding hydrogens is 278 g/mol. The highest BCUT2D eigenvalue weighted by Gasteiger charge is 2.57. The maximum absolute atomic E-state index is 12.0. The third-order valence-electron chi connectivity index (χ3n) is 1.77. The first kappa shape index (κ1) is 16.2. The van der Waals surface area contributed by atoms with E-state index in [4.69, 9.17) is 11.6 Å². The average Bonchev–Trinajstić information content (AvgIpc) is 2.10. The molecule has 9 heteroatoms. The van der Waals surface area contributed by atoms with Gasteiger partial charge in [0, 0.05) is 6.42 Å². The molecular formula is C8H7ClF6O2. The second kappa shape index (κ2) is 5.70. The van der Waals surface area contributed by atoms with Crippen molar-refractivity contribution in [2.75, 3.05) is 5.88 Å². The van der Waals surface area contributed by atoms with Gasteiger partial charge in [-0.05, 0) is 0 Å². The van der Waals surface area contributed by atoms with Crippen molar-refractivity contribution in [2.45, 2.75) is 25.2 Å². The van der Waals surface area contributed by atoms with Crippen molar-refractivity contribution in [1.82, 2.24) is 0 Å². The summed E-state index contributed by atoms with van der Waals surface area (Å²) in [7, 11) is 0. The van der Waals surface area contributed by atoms with Gasteiger partial charge in [-0.25, -0.2) is 0 Å². The molecule has 0 heterocycles. The molecule has 0 atom stereocenters.